The van der Waals surface area contributed by atoms with Crippen molar-refractivity contribution in [2.75, 3.05) is 0 Å². The molecule has 0 amide bonds. The largest absolute Gasteiger partial charge is 0.480 e. The van der Waals surface area contributed by atoms with Crippen molar-refractivity contribution in [2.45, 2.75) is 12.6 Å². The number of hydrogen-bond acceptors (Lipinski definition) is 6. The molecule has 8 nitrogen and oxygen atoms in total. The molecule has 0 fully saturated rings. The van der Waals surface area contributed by atoms with E-state index >= 15 is 0 Å². The molecule has 1 atom stereocenters. The summed E-state index contributed by atoms with van der Waals surface area (Å²) in [6.45, 7) is -0.0386. The van der Waals surface area contributed by atoms with Crippen molar-refractivity contribution in [1.82, 2.24) is 20.2 Å². The van der Waals surface area contributed by atoms with Crippen molar-refractivity contribution in [1.29, 1.82) is 0 Å². The fraction of sp³-hybridized carbons (Fsp3) is 0.250. The minimum atomic E-state index is -1.11. The van der Waals surface area contributed by atoms with Gasteiger partial charge in [0, 0.05) is 0 Å². The number of rotatable bonds is 4. The van der Waals surface area contributed by atoms with Gasteiger partial charge in [0.05, 0.1) is 12.8 Å². The lowest BCUT2D eigenvalue weighted by Gasteiger charge is -2.02. The number of aromatic nitrogens is 4. The maximum absolute atomic E-state index is 10.5. The summed E-state index contributed by atoms with van der Waals surface area (Å²) in [5.41, 5.74) is 5.32. The van der Waals surface area contributed by atoms with Crippen molar-refractivity contribution >= 4 is 5.97 Å². The zero-order chi connectivity index (χ0) is 11.5. The van der Waals surface area contributed by atoms with Crippen LogP contribution in [0.5, 0.6) is 0 Å². The second-order valence-electron chi connectivity index (χ2n) is 3.09. The summed E-state index contributed by atoms with van der Waals surface area (Å²) < 4.78 is 5.06. The molecule has 1 unspecified atom stereocenters. The normalized spacial score (nSPS) is 12.6. The zero-order valence-corrected chi connectivity index (χ0v) is 8.15. The second kappa shape index (κ2) is 4.11. The first-order valence-corrected chi connectivity index (χ1v) is 4.47. The van der Waals surface area contributed by atoms with E-state index in [0.717, 1.165) is 4.80 Å². The lowest BCUT2D eigenvalue weighted by atomic mass is 10.3. The highest BCUT2D eigenvalue weighted by atomic mass is 16.4. The third kappa shape index (κ3) is 2.06. The van der Waals surface area contributed by atoms with Crippen molar-refractivity contribution < 1.29 is 14.3 Å². The predicted octanol–water partition coefficient (Wildman–Crippen LogP) is -0.655. The Morgan fingerprint density at radius 2 is 2.50 bits per heavy atom. The van der Waals surface area contributed by atoms with E-state index in [1.807, 2.05) is 0 Å². The zero-order valence-electron chi connectivity index (χ0n) is 8.15. The van der Waals surface area contributed by atoms with Crippen LogP contribution in [-0.2, 0) is 11.3 Å². The van der Waals surface area contributed by atoms with Crippen LogP contribution in [0.2, 0.25) is 0 Å². The molecule has 0 saturated carbocycles. The molecule has 2 aromatic heterocycles. The Kier molecular flexibility index (Phi) is 2.64. The average molecular weight is 223 g/mol. The van der Waals surface area contributed by atoms with Gasteiger partial charge in [0.1, 0.15) is 6.04 Å². The minimum absolute atomic E-state index is 0.0386. The maximum Gasteiger partial charge on any atom is 0.322 e. The van der Waals surface area contributed by atoms with Gasteiger partial charge in [0.2, 0.25) is 5.82 Å². The summed E-state index contributed by atoms with van der Waals surface area (Å²) in [5.74, 6) is -0.352. The van der Waals surface area contributed by atoms with E-state index in [1.165, 1.54) is 6.26 Å². The SMILES string of the molecule is NC(Cn1nnc(-c2ccco2)n1)C(=O)O. The Balaban J connectivity index is 2.11. The number of hydrogen-bond donors (Lipinski definition) is 2. The van der Waals surface area contributed by atoms with E-state index in [2.05, 4.69) is 15.4 Å². The van der Waals surface area contributed by atoms with E-state index in [0.29, 0.717) is 11.6 Å². The molecule has 0 aliphatic carbocycles. The van der Waals surface area contributed by atoms with Gasteiger partial charge in [-0.05, 0) is 17.3 Å². The Bertz CT molecular complexity index is 478. The first-order chi connectivity index (χ1) is 7.66. The summed E-state index contributed by atoms with van der Waals surface area (Å²) in [6.07, 6.45) is 1.49. The predicted molar refractivity (Wildman–Crippen MR) is 51.1 cm³/mol. The molecule has 0 aromatic carbocycles. The van der Waals surface area contributed by atoms with Gasteiger partial charge in [0.15, 0.2) is 5.76 Å². The van der Waals surface area contributed by atoms with Crippen LogP contribution in [0.3, 0.4) is 0 Å². The van der Waals surface area contributed by atoms with Crippen molar-refractivity contribution in [3.05, 3.63) is 18.4 Å². The second-order valence-corrected chi connectivity index (χ2v) is 3.09. The summed E-state index contributed by atoms with van der Waals surface area (Å²) in [6, 6.07) is 2.32. The van der Waals surface area contributed by atoms with Gasteiger partial charge in [-0.15, -0.1) is 10.2 Å². The van der Waals surface area contributed by atoms with E-state index < -0.39 is 12.0 Å². The van der Waals surface area contributed by atoms with Gasteiger partial charge in [-0.25, -0.2) is 0 Å². The highest BCUT2D eigenvalue weighted by Gasteiger charge is 2.15. The number of carboxylic acid groups (broad SMARTS) is 1. The molecule has 0 aliphatic heterocycles. The molecule has 84 valence electrons. The smallest absolute Gasteiger partial charge is 0.322 e. The molecule has 0 bridgehead atoms. The molecule has 0 saturated heterocycles. The first kappa shape index (κ1) is 10.3. The molecule has 2 aromatic rings. The third-order valence-electron chi connectivity index (χ3n) is 1.87. The summed E-state index contributed by atoms with van der Waals surface area (Å²) in [5, 5.41) is 19.9. The quantitative estimate of drug-likeness (QED) is 0.706. The summed E-state index contributed by atoms with van der Waals surface area (Å²) in [4.78, 5) is 11.6. The number of carboxylic acids is 1. The van der Waals surface area contributed by atoms with Crippen LogP contribution in [0.25, 0.3) is 11.6 Å². The molecule has 0 radical (unpaired) electrons. The fourth-order valence-corrected chi connectivity index (χ4v) is 1.08. The molecule has 16 heavy (non-hydrogen) atoms. The highest BCUT2D eigenvalue weighted by molar-refractivity contribution is 5.72. The van der Waals surface area contributed by atoms with Crippen LogP contribution in [0.15, 0.2) is 22.8 Å². The minimum Gasteiger partial charge on any atom is -0.480 e. The van der Waals surface area contributed by atoms with E-state index in [1.54, 1.807) is 12.1 Å². The van der Waals surface area contributed by atoms with Crippen molar-refractivity contribution in [3.8, 4) is 11.6 Å². The lowest BCUT2D eigenvalue weighted by molar-refractivity contribution is -0.139. The van der Waals surface area contributed by atoms with E-state index in [9.17, 15) is 4.79 Å². The highest BCUT2D eigenvalue weighted by Crippen LogP contribution is 2.12. The average Bonchev–Trinajstić information content (AvgIpc) is 2.85. The van der Waals surface area contributed by atoms with Crippen molar-refractivity contribution in [3.63, 3.8) is 0 Å². The number of nitrogens with zero attached hydrogens (tertiary/aromatic N) is 4. The number of carbonyl (C=O) groups is 1. The molecule has 2 rings (SSSR count). The number of furan rings is 1. The number of tetrazole rings is 1. The number of nitrogens with two attached hydrogens (primary N) is 1. The Morgan fingerprint density at radius 3 is 3.12 bits per heavy atom. The van der Waals surface area contributed by atoms with Gasteiger partial charge in [-0.3, -0.25) is 4.79 Å². The lowest BCUT2D eigenvalue weighted by Crippen LogP contribution is -2.35. The Labute approximate surface area is 89.7 Å². The van der Waals surface area contributed by atoms with Gasteiger partial charge >= 0.3 is 5.97 Å². The summed E-state index contributed by atoms with van der Waals surface area (Å²) in [7, 11) is 0. The molecule has 0 spiro atoms. The summed E-state index contributed by atoms with van der Waals surface area (Å²) >= 11 is 0. The van der Waals surface area contributed by atoms with E-state index in [-0.39, 0.29) is 6.54 Å². The monoisotopic (exact) mass is 223 g/mol. The third-order valence-corrected chi connectivity index (χ3v) is 1.87. The van der Waals surface area contributed by atoms with E-state index in [4.69, 9.17) is 15.3 Å². The van der Waals surface area contributed by atoms with Crippen molar-refractivity contribution in [2.24, 2.45) is 5.73 Å². The molecular weight excluding hydrogens is 214 g/mol. The molecule has 3 N–H and O–H groups in total. The van der Waals surface area contributed by atoms with Crippen LogP contribution < -0.4 is 5.73 Å². The van der Waals surface area contributed by atoms with Crippen LogP contribution in [-0.4, -0.2) is 37.3 Å². The standard InChI is InChI=1S/C8H9N5O3/c9-5(8(14)15)4-13-11-7(10-12-13)6-2-1-3-16-6/h1-3,5H,4,9H2,(H,14,15). The van der Waals surface area contributed by atoms with Gasteiger partial charge in [0.25, 0.3) is 0 Å². The van der Waals surface area contributed by atoms with Gasteiger partial charge in [-0.1, -0.05) is 0 Å². The number of aliphatic carboxylic acids is 1. The van der Waals surface area contributed by atoms with Gasteiger partial charge in [-0.2, -0.15) is 4.80 Å². The Morgan fingerprint density at radius 1 is 1.69 bits per heavy atom. The molecular formula is C8H9N5O3. The molecule has 2 heterocycles. The maximum atomic E-state index is 10.5. The molecule has 8 heteroatoms. The molecule has 0 aliphatic rings. The van der Waals surface area contributed by atoms with Crippen LogP contribution in [0, 0.1) is 0 Å². The fourth-order valence-electron chi connectivity index (χ4n) is 1.08. The Hall–Kier alpha value is -2.22. The van der Waals surface area contributed by atoms with Crippen LogP contribution in [0.4, 0.5) is 0 Å². The van der Waals surface area contributed by atoms with Crippen LogP contribution in [0.1, 0.15) is 0 Å². The van der Waals surface area contributed by atoms with Crippen LogP contribution >= 0.6 is 0 Å². The first-order valence-electron chi connectivity index (χ1n) is 4.47. The topological polar surface area (TPSA) is 120 Å². The van der Waals surface area contributed by atoms with Gasteiger partial charge < -0.3 is 15.3 Å².